The van der Waals surface area contributed by atoms with Gasteiger partial charge in [-0.3, -0.25) is 24.1 Å². The number of benzene rings is 1. The summed E-state index contributed by atoms with van der Waals surface area (Å²) in [4.78, 5) is 65.3. The number of aliphatic carboxylic acids is 1. The number of amides is 5. The van der Waals surface area contributed by atoms with Gasteiger partial charge in [0.15, 0.2) is 0 Å². The summed E-state index contributed by atoms with van der Waals surface area (Å²) in [5.74, 6) is -2.96. The third-order valence-electron chi connectivity index (χ3n) is 13.3. The number of carbonyl (C=O) groups excluding carboxylic acids is 4. The first kappa shape index (κ1) is 94.2. The highest BCUT2D eigenvalue weighted by atomic mass is 127. The fourth-order valence-electron chi connectivity index (χ4n) is 8.12. The molecule has 0 bridgehead atoms. The number of methoxy groups -OCH3 is 2. The number of carbonyl (C=O) groups is 5. The Morgan fingerprint density at radius 3 is 0.931 bits per heavy atom. The number of rotatable bonds is 80. The summed E-state index contributed by atoms with van der Waals surface area (Å²) in [5.41, 5.74) is 0.453. The zero-order chi connectivity index (χ0) is 73.3. The summed E-state index contributed by atoms with van der Waals surface area (Å²) in [6.07, 6.45) is -0.915. The number of nitrogens with zero attached hydrogens (tertiary/aromatic N) is 2. The molecule has 0 unspecified atom stereocenters. The highest BCUT2D eigenvalue weighted by molar-refractivity contribution is 14.1. The van der Waals surface area contributed by atoms with Crippen LogP contribution in [0.3, 0.4) is 0 Å². The van der Waals surface area contributed by atoms with Crippen molar-refractivity contribution < 1.29 is 148 Å². The molecule has 35 nitrogen and oxygen atoms in total. The standard InChI is InChI=1S/C66H117IN4O31/c1-78-9-10-81-13-14-83-17-18-85-21-22-87-25-26-89-29-30-91-33-34-93-37-38-95-41-42-97-45-46-99-49-50-101-53-54-102-52-51-100-48-47-98-44-43-96-40-39-94-36-35-92-32-31-90-28-27-88-24-23-86-20-19-84-16-15-82-12-11-80-8-6-62(72)69-59(56-64(74)75)65(76)68-57-71-63(73)5-7-70(66(71)77)60-55-58(67)3-4-61(60)79-2/h3-4,55,59H,5-54,56-57H2,1-2H3,(H,68,76)(H,69,72)(H,74,75)/t59-/m0/s1. The first-order valence-electron chi connectivity index (χ1n) is 34.7. The number of carboxylic acid groups (broad SMARTS) is 1. The molecule has 1 fully saturated rings. The molecule has 0 spiro atoms. The summed E-state index contributed by atoms with van der Waals surface area (Å²) in [6.45, 7) is 20.4. The maximum Gasteiger partial charge on any atom is 0.332 e. The van der Waals surface area contributed by atoms with E-state index in [1.54, 1.807) is 25.3 Å². The second-order valence-corrected chi connectivity index (χ2v) is 22.3. The average molecular weight is 1590 g/mol. The Morgan fingerprint density at radius 2 is 0.676 bits per heavy atom. The molecule has 1 aromatic rings. The van der Waals surface area contributed by atoms with Gasteiger partial charge in [-0.25, -0.2) is 9.69 Å². The van der Waals surface area contributed by atoms with Crippen molar-refractivity contribution in [2.45, 2.75) is 25.3 Å². The van der Waals surface area contributed by atoms with Crippen molar-refractivity contribution in [2.75, 3.05) is 343 Å². The van der Waals surface area contributed by atoms with Gasteiger partial charge in [0.1, 0.15) is 18.5 Å². The fraction of sp³-hybridized carbons (Fsp3) is 0.833. The van der Waals surface area contributed by atoms with Crippen LogP contribution in [0.5, 0.6) is 5.75 Å². The van der Waals surface area contributed by atoms with Crippen LogP contribution >= 0.6 is 22.6 Å². The molecule has 1 aromatic carbocycles. The molecule has 0 radical (unpaired) electrons. The van der Waals surface area contributed by atoms with E-state index in [1.807, 2.05) is 0 Å². The predicted molar refractivity (Wildman–Crippen MR) is 372 cm³/mol. The molecule has 0 aliphatic carbocycles. The number of urea groups is 1. The van der Waals surface area contributed by atoms with Crippen molar-refractivity contribution in [2.24, 2.45) is 0 Å². The molecule has 1 heterocycles. The van der Waals surface area contributed by atoms with Gasteiger partial charge in [-0.05, 0) is 40.8 Å². The monoisotopic (exact) mass is 1590 g/mol. The highest BCUT2D eigenvalue weighted by Gasteiger charge is 2.35. The number of hydrogen-bond acceptors (Lipinski definition) is 30. The van der Waals surface area contributed by atoms with E-state index < -0.39 is 48.9 Å². The van der Waals surface area contributed by atoms with E-state index in [9.17, 15) is 29.1 Å². The van der Waals surface area contributed by atoms with Gasteiger partial charge in [-0.2, -0.15) is 0 Å². The highest BCUT2D eigenvalue weighted by Crippen LogP contribution is 2.32. The molecule has 1 saturated heterocycles. The molecule has 102 heavy (non-hydrogen) atoms. The van der Waals surface area contributed by atoms with E-state index >= 15 is 0 Å². The molecular weight excluding hydrogens is 1470 g/mol. The Bertz CT molecular complexity index is 2130. The fourth-order valence-corrected chi connectivity index (χ4v) is 8.60. The molecule has 1 aliphatic rings. The number of nitrogens with one attached hydrogen (secondary N) is 2. The summed E-state index contributed by atoms with van der Waals surface area (Å²) in [6, 6.07) is 3.07. The maximum atomic E-state index is 13.3. The lowest BCUT2D eigenvalue weighted by Gasteiger charge is -2.35. The Morgan fingerprint density at radius 1 is 0.412 bits per heavy atom. The third-order valence-corrected chi connectivity index (χ3v) is 13.9. The van der Waals surface area contributed by atoms with Crippen LogP contribution in [0, 0.1) is 3.57 Å². The topological polar surface area (TPSA) is 367 Å². The van der Waals surface area contributed by atoms with Crippen LogP contribution in [-0.4, -0.2) is 384 Å². The van der Waals surface area contributed by atoms with Crippen molar-refractivity contribution in [3.8, 4) is 5.75 Å². The lowest BCUT2D eigenvalue weighted by atomic mass is 10.2. The van der Waals surface area contributed by atoms with Gasteiger partial charge in [0.25, 0.3) is 0 Å². The second-order valence-electron chi connectivity index (χ2n) is 21.1. The van der Waals surface area contributed by atoms with Crippen molar-refractivity contribution in [3.05, 3.63) is 21.8 Å². The first-order chi connectivity index (χ1) is 50.2. The van der Waals surface area contributed by atoms with E-state index in [1.165, 1.54) is 12.0 Å². The molecule has 2 rings (SSSR count). The lowest BCUT2D eigenvalue weighted by Crippen LogP contribution is -2.57. The van der Waals surface area contributed by atoms with Gasteiger partial charge in [-0.15, -0.1) is 0 Å². The molecule has 0 saturated carbocycles. The normalized spacial score (nSPS) is 12.9. The number of hydrogen-bond donors (Lipinski definition) is 3. The van der Waals surface area contributed by atoms with Crippen LogP contribution in [0.4, 0.5) is 10.5 Å². The largest absolute Gasteiger partial charge is 0.495 e. The number of halogens is 1. The lowest BCUT2D eigenvalue weighted by molar-refractivity contribution is -0.141. The summed E-state index contributed by atoms with van der Waals surface area (Å²) in [5, 5.41) is 14.2. The minimum Gasteiger partial charge on any atom is -0.495 e. The SMILES string of the molecule is COCCOCCOCCOCCOCCOCCOCCOCCOCCOCCOCCOCCOCCOCCOCCOCCOCCOCCOCCOCCOCCOCCOCCOCCC(=O)N[C@@H](CC(=O)O)C(=O)NCN1C(=O)CCN(c2cc(I)ccc2OC)C1=O. The van der Waals surface area contributed by atoms with Gasteiger partial charge < -0.3 is 134 Å². The quantitative estimate of drug-likeness (QED) is 0.0603. The summed E-state index contributed by atoms with van der Waals surface area (Å²) in [7, 11) is 3.10. The van der Waals surface area contributed by atoms with E-state index in [-0.39, 0.29) is 39.2 Å². The van der Waals surface area contributed by atoms with Crippen LogP contribution in [0.15, 0.2) is 18.2 Å². The number of anilines is 1. The van der Waals surface area contributed by atoms with E-state index in [4.69, 9.17) is 118 Å². The minimum atomic E-state index is -1.47. The molecule has 5 amide bonds. The van der Waals surface area contributed by atoms with Gasteiger partial charge in [-0.1, -0.05) is 0 Å². The summed E-state index contributed by atoms with van der Waals surface area (Å²) < 4.78 is 138. The van der Waals surface area contributed by atoms with E-state index in [0.29, 0.717) is 302 Å². The van der Waals surface area contributed by atoms with Gasteiger partial charge in [0, 0.05) is 30.1 Å². The molecule has 1 atom stereocenters. The van der Waals surface area contributed by atoms with Crippen molar-refractivity contribution >= 4 is 58.0 Å². The van der Waals surface area contributed by atoms with Crippen molar-refractivity contribution in [1.29, 1.82) is 0 Å². The molecule has 36 heteroatoms. The van der Waals surface area contributed by atoms with Crippen molar-refractivity contribution in [1.82, 2.24) is 15.5 Å². The van der Waals surface area contributed by atoms with Gasteiger partial charge in [0.05, 0.1) is 330 Å². The average Bonchev–Trinajstić information content (AvgIpc) is 0.797. The van der Waals surface area contributed by atoms with Gasteiger partial charge in [0.2, 0.25) is 17.7 Å². The van der Waals surface area contributed by atoms with Crippen LogP contribution in [0.25, 0.3) is 0 Å². The smallest absolute Gasteiger partial charge is 0.332 e. The molecule has 0 aromatic heterocycles. The van der Waals surface area contributed by atoms with Crippen LogP contribution in [0.2, 0.25) is 0 Å². The maximum absolute atomic E-state index is 13.3. The zero-order valence-electron chi connectivity index (χ0n) is 60.0. The van der Waals surface area contributed by atoms with E-state index in [0.717, 1.165) is 8.47 Å². The van der Waals surface area contributed by atoms with Crippen molar-refractivity contribution in [3.63, 3.8) is 0 Å². The zero-order valence-corrected chi connectivity index (χ0v) is 62.2. The molecule has 1 aliphatic heterocycles. The number of imide groups is 1. The number of ether oxygens (including phenoxy) is 25. The van der Waals surface area contributed by atoms with Crippen LogP contribution in [0.1, 0.15) is 19.3 Å². The Kier molecular flexibility index (Phi) is 67.1. The molecular formula is C66H117IN4O31. The third kappa shape index (κ3) is 58.3. The van der Waals surface area contributed by atoms with Crippen LogP contribution in [-0.2, 0) is 133 Å². The number of carboxylic acids is 1. The minimum absolute atomic E-state index is 0.0173. The Balaban J connectivity index is 1.18. The molecule has 3 N–H and O–H groups in total. The first-order valence-corrected chi connectivity index (χ1v) is 35.8. The Hall–Kier alpha value is -3.86. The van der Waals surface area contributed by atoms with E-state index in [2.05, 4.69) is 33.2 Å². The Labute approximate surface area is 614 Å². The predicted octanol–water partition coefficient (Wildman–Crippen LogP) is 0.910. The molecule has 594 valence electrons. The second kappa shape index (κ2) is 72.7. The van der Waals surface area contributed by atoms with Crippen LogP contribution < -0.4 is 20.3 Å². The summed E-state index contributed by atoms with van der Waals surface area (Å²) >= 11 is 2.09. The van der Waals surface area contributed by atoms with Gasteiger partial charge >= 0.3 is 12.0 Å².